The zero-order valence-electron chi connectivity index (χ0n) is 11.9. The van der Waals surface area contributed by atoms with Crippen LogP contribution in [0.3, 0.4) is 0 Å². The fourth-order valence-electron chi connectivity index (χ4n) is 2.83. The number of anilines is 1. The van der Waals surface area contributed by atoms with E-state index < -0.39 is 0 Å². The Bertz CT molecular complexity index is 653. The van der Waals surface area contributed by atoms with E-state index in [1.807, 2.05) is 43.1 Å². The van der Waals surface area contributed by atoms with Gasteiger partial charge in [-0.05, 0) is 38.9 Å². The average molecular weight is 269 g/mol. The molecule has 4 heteroatoms. The van der Waals surface area contributed by atoms with Gasteiger partial charge in [-0.2, -0.15) is 0 Å². The van der Waals surface area contributed by atoms with Crippen molar-refractivity contribution in [1.82, 2.24) is 10.3 Å². The maximum Gasteiger partial charge on any atom is 0.244 e. The van der Waals surface area contributed by atoms with Gasteiger partial charge in [0.25, 0.3) is 0 Å². The van der Waals surface area contributed by atoms with Crippen molar-refractivity contribution < 1.29 is 4.79 Å². The summed E-state index contributed by atoms with van der Waals surface area (Å²) in [5.41, 5.74) is 2.81. The van der Waals surface area contributed by atoms with Gasteiger partial charge in [0.05, 0.1) is 17.2 Å². The van der Waals surface area contributed by atoms with Gasteiger partial charge in [0.2, 0.25) is 5.91 Å². The maximum absolute atomic E-state index is 12.5. The van der Waals surface area contributed by atoms with Crippen molar-refractivity contribution in [2.75, 3.05) is 18.5 Å². The number of piperidine rings is 1. The Morgan fingerprint density at radius 2 is 2.15 bits per heavy atom. The second-order valence-corrected chi connectivity index (χ2v) is 5.27. The number of hydrogen-bond donors (Lipinski definition) is 1. The minimum atomic E-state index is -0.0798. The highest BCUT2D eigenvalue weighted by molar-refractivity contribution is 6.04. The normalized spacial score (nSPS) is 19.6. The maximum atomic E-state index is 12.5. The van der Waals surface area contributed by atoms with Crippen molar-refractivity contribution >= 4 is 22.5 Å². The number of benzene rings is 1. The predicted molar refractivity (Wildman–Crippen MR) is 80.9 cm³/mol. The quantitative estimate of drug-likeness (QED) is 0.909. The number of likely N-dealkylation sites (N-methyl/N-ethyl adjacent to an activating group) is 1. The Morgan fingerprint density at radius 1 is 1.30 bits per heavy atom. The number of aromatic nitrogens is 1. The Balaban J connectivity index is 2.09. The van der Waals surface area contributed by atoms with Crippen molar-refractivity contribution in [3.63, 3.8) is 0 Å². The van der Waals surface area contributed by atoms with Crippen LogP contribution in [0.15, 0.2) is 30.3 Å². The SMILES string of the molecule is CNC1CCCN(c2cccc3ccc(C)nc23)C1=O. The van der Waals surface area contributed by atoms with Crippen LogP contribution in [0.2, 0.25) is 0 Å². The molecule has 2 heterocycles. The zero-order chi connectivity index (χ0) is 14.1. The molecule has 1 N–H and O–H groups in total. The van der Waals surface area contributed by atoms with Crippen molar-refractivity contribution in [3.05, 3.63) is 36.0 Å². The molecular formula is C16H19N3O. The standard InChI is InChI=1S/C16H19N3O/c1-11-8-9-12-5-3-7-14(15(12)18-11)19-10-4-6-13(17-2)16(19)20/h3,5,7-9,13,17H,4,6,10H2,1-2H3. The number of carbonyl (C=O) groups excluding carboxylic acids is 1. The Labute approximate surface area is 118 Å². The first-order valence-corrected chi connectivity index (χ1v) is 7.06. The molecule has 1 amide bonds. The second-order valence-electron chi connectivity index (χ2n) is 5.27. The van der Waals surface area contributed by atoms with E-state index in [4.69, 9.17) is 0 Å². The van der Waals surface area contributed by atoms with Gasteiger partial charge in [-0.1, -0.05) is 18.2 Å². The topological polar surface area (TPSA) is 45.2 Å². The minimum Gasteiger partial charge on any atom is -0.309 e. The third-order valence-electron chi connectivity index (χ3n) is 3.92. The van der Waals surface area contributed by atoms with E-state index in [9.17, 15) is 4.79 Å². The van der Waals surface area contributed by atoms with Gasteiger partial charge in [0.1, 0.15) is 0 Å². The van der Waals surface area contributed by atoms with Crippen molar-refractivity contribution in [2.24, 2.45) is 0 Å². The number of carbonyl (C=O) groups is 1. The average Bonchev–Trinajstić information content (AvgIpc) is 2.47. The summed E-state index contributed by atoms with van der Waals surface area (Å²) < 4.78 is 0. The van der Waals surface area contributed by atoms with Gasteiger partial charge >= 0.3 is 0 Å². The van der Waals surface area contributed by atoms with E-state index in [-0.39, 0.29) is 11.9 Å². The molecule has 1 aromatic carbocycles. The highest BCUT2D eigenvalue weighted by Gasteiger charge is 2.29. The Morgan fingerprint density at radius 3 is 2.95 bits per heavy atom. The number of nitrogens with zero attached hydrogens (tertiary/aromatic N) is 2. The van der Waals surface area contributed by atoms with Gasteiger partial charge in [0, 0.05) is 17.6 Å². The molecular weight excluding hydrogens is 250 g/mol. The summed E-state index contributed by atoms with van der Waals surface area (Å²) in [7, 11) is 1.84. The molecule has 0 radical (unpaired) electrons. The molecule has 3 rings (SSSR count). The molecule has 1 aliphatic rings. The van der Waals surface area contributed by atoms with Crippen LogP contribution in [0.25, 0.3) is 10.9 Å². The van der Waals surface area contributed by atoms with Gasteiger partial charge in [-0.3, -0.25) is 9.78 Å². The van der Waals surface area contributed by atoms with Crippen LogP contribution in [-0.4, -0.2) is 30.5 Å². The van der Waals surface area contributed by atoms with Crippen LogP contribution < -0.4 is 10.2 Å². The van der Waals surface area contributed by atoms with Crippen LogP contribution >= 0.6 is 0 Å². The fraction of sp³-hybridized carbons (Fsp3) is 0.375. The summed E-state index contributed by atoms with van der Waals surface area (Å²) in [5, 5.41) is 4.18. The highest BCUT2D eigenvalue weighted by Crippen LogP contribution is 2.28. The number of fused-ring (bicyclic) bond motifs is 1. The number of para-hydroxylation sites is 1. The summed E-state index contributed by atoms with van der Waals surface area (Å²) in [6.07, 6.45) is 1.92. The molecule has 0 spiro atoms. The molecule has 104 valence electrons. The summed E-state index contributed by atoms with van der Waals surface area (Å²) >= 11 is 0. The molecule has 1 aromatic heterocycles. The lowest BCUT2D eigenvalue weighted by atomic mass is 10.0. The molecule has 0 saturated carbocycles. The first-order valence-electron chi connectivity index (χ1n) is 7.06. The molecule has 2 aromatic rings. The van der Waals surface area contributed by atoms with Crippen molar-refractivity contribution in [2.45, 2.75) is 25.8 Å². The largest absolute Gasteiger partial charge is 0.309 e. The molecule has 1 saturated heterocycles. The van der Waals surface area contributed by atoms with Crippen molar-refractivity contribution in [3.8, 4) is 0 Å². The first kappa shape index (κ1) is 13.1. The van der Waals surface area contributed by atoms with Crippen LogP contribution in [-0.2, 0) is 4.79 Å². The van der Waals surface area contributed by atoms with Gasteiger partial charge in [-0.15, -0.1) is 0 Å². The van der Waals surface area contributed by atoms with Gasteiger partial charge in [0.15, 0.2) is 0 Å². The third kappa shape index (κ3) is 2.16. The Hall–Kier alpha value is -1.94. The van der Waals surface area contributed by atoms with Crippen LogP contribution in [0.4, 0.5) is 5.69 Å². The molecule has 0 aliphatic carbocycles. The predicted octanol–water partition coefficient (Wildman–Crippen LogP) is 2.26. The lowest BCUT2D eigenvalue weighted by Gasteiger charge is -2.32. The first-order chi connectivity index (χ1) is 9.70. The fourth-order valence-corrected chi connectivity index (χ4v) is 2.83. The van der Waals surface area contributed by atoms with Crippen LogP contribution in [0.5, 0.6) is 0 Å². The molecule has 1 unspecified atom stereocenters. The van der Waals surface area contributed by atoms with E-state index in [0.29, 0.717) is 0 Å². The van der Waals surface area contributed by atoms with E-state index >= 15 is 0 Å². The molecule has 1 atom stereocenters. The summed E-state index contributed by atoms with van der Waals surface area (Å²) in [4.78, 5) is 19.0. The Kier molecular flexibility index (Phi) is 3.40. The third-order valence-corrected chi connectivity index (χ3v) is 3.92. The van der Waals surface area contributed by atoms with E-state index in [1.54, 1.807) is 0 Å². The lowest BCUT2D eigenvalue weighted by molar-refractivity contribution is -0.121. The van der Waals surface area contributed by atoms with Crippen LogP contribution in [0.1, 0.15) is 18.5 Å². The zero-order valence-corrected chi connectivity index (χ0v) is 11.9. The van der Waals surface area contributed by atoms with Crippen LogP contribution in [0, 0.1) is 6.92 Å². The van der Waals surface area contributed by atoms with Gasteiger partial charge in [-0.25, -0.2) is 0 Å². The van der Waals surface area contributed by atoms with Gasteiger partial charge < -0.3 is 10.2 Å². The minimum absolute atomic E-state index is 0.0798. The molecule has 20 heavy (non-hydrogen) atoms. The molecule has 1 aliphatic heterocycles. The smallest absolute Gasteiger partial charge is 0.244 e. The number of rotatable bonds is 2. The lowest BCUT2D eigenvalue weighted by Crippen LogP contribution is -2.49. The number of hydrogen-bond acceptors (Lipinski definition) is 3. The van der Waals surface area contributed by atoms with E-state index in [1.165, 1.54) is 0 Å². The van der Waals surface area contributed by atoms with E-state index in [0.717, 1.165) is 41.7 Å². The number of pyridine rings is 1. The van der Waals surface area contributed by atoms with E-state index in [2.05, 4.69) is 16.4 Å². The summed E-state index contributed by atoms with van der Waals surface area (Å²) in [5.74, 6) is 0.148. The monoisotopic (exact) mass is 269 g/mol. The highest BCUT2D eigenvalue weighted by atomic mass is 16.2. The molecule has 0 bridgehead atoms. The van der Waals surface area contributed by atoms with Crippen molar-refractivity contribution in [1.29, 1.82) is 0 Å². The number of nitrogens with one attached hydrogen (secondary N) is 1. The summed E-state index contributed by atoms with van der Waals surface area (Å²) in [6, 6.07) is 10.0. The number of amides is 1. The molecule has 4 nitrogen and oxygen atoms in total. The molecule has 1 fully saturated rings. The summed E-state index contributed by atoms with van der Waals surface area (Å²) in [6.45, 7) is 2.75. The number of aryl methyl sites for hydroxylation is 1. The second kappa shape index (κ2) is 5.21.